The zero-order chi connectivity index (χ0) is 57.8. The van der Waals surface area contributed by atoms with Crippen molar-refractivity contribution in [2.75, 3.05) is 66.1 Å². The molecular formula is C65H132O9. The highest BCUT2D eigenvalue weighted by atomic mass is 16.5. The lowest BCUT2D eigenvalue weighted by Gasteiger charge is -2.17. The van der Waals surface area contributed by atoms with E-state index >= 15 is 0 Å². The molecule has 0 rings (SSSR count). The Morgan fingerprint density at radius 3 is 0.838 bits per heavy atom. The van der Waals surface area contributed by atoms with Gasteiger partial charge in [-0.1, -0.05) is 190 Å². The topological polar surface area (TPSA) is 114 Å². The summed E-state index contributed by atoms with van der Waals surface area (Å²) in [5.41, 5.74) is 0.955. The number of carbonyl (C=O) groups excluding carboxylic acids is 4. The summed E-state index contributed by atoms with van der Waals surface area (Å²) in [6, 6.07) is 0. The van der Waals surface area contributed by atoms with Gasteiger partial charge in [0.15, 0.2) is 0 Å². The molecule has 0 aliphatic heterocycles. The molecule has 0 aromatic rings. The maximum atomic E-state index is 11.7. The Morgan fingerprint density at radius 1 is 0.243 bits per heavy atom. The van der Waals surface area contributed by atoms with Gasteiger partial charge >= 0.3 is 0 Å². The summed E-state index contributed by atoms with van der Waals surface area (Å²) >= 11 is 0. The van der Waals surface area contributed by atoms with Crippen molar-refractivity contribution in [2.24, 2.45) is 27.1 Å². The molecule has 446 valence electrons. The first-order chi connectivity index (χ1) is 34.4. The fraction of sp³-hybridized carbons (Fsp3) is 0.938. The molecule has 0 amide bonds. The Balaban J connectivity index is -0.000000272. The molecule has 0 fully saturated rings. The standard InChI is InChI=1S/C17H34O3.C13H26O2.C13H26O.C12H24O2.C10H22O/c1-5-6-8-11-19-13-14-20-12-9-7-10-16(18)15-17(2,3)4;1-5-6-9-15-10-7-8-12(14)11-13(2,3)4;1-5-6-7-8-9-10-12(14)11-13(2,3)4;1-5-8-14-9-6-7-11(13)10-12(2,3)4;1-5-6-8-11-9-7-10(2,3)4/h5-15H2,1-4H3;5-11H2,1-4H3;5-11H2,1-4H3;5-10H2,1-4H3;5-9H2,1-4H3. The first-order valence-electron chi connectivity index (χ1n) is 30.3. The molecule has 0 aromatic carbocycles. The summed E-state index contributed by atoms with van der Waals surface area (Å²) in [7, 11) is 0. The van der Waals surface area contributed by atoms with Gasteiger partial charge in [-0.2, -0.15) is 0 Å². The summed E-state index contributed by atoms with van der Waals surface area (Å²) in [5.74, 6) is 1.53. The molecule has 0 saturated heterocycles. The molecule has 0 radical (unpaired) electrons. The second-order valence-corrected chi connectivity index (χ2v) is 26.7. The molecule has 0 N–H and O–H groups in total. The summed E-state index contributed by atoms with van der Waals surface area (Å²) < 4.78 is 27.1. The Morgan fingerprint density at radius 2 is 0.500 bits per heavy atom. The third-order valence-corrected chi connectivity index (χ3v) is 10.8. The minimum absolute atomic E-state index is 0.114. The lowest BCUT2D eigenvalue weighted by molar-refractivity contribution is -0.122. The van der Waals surface area contributed by atoms with Crippen LogP contribution in [0.15, 0.2) is 0 Å². The van der Waals surface area contributed by atoms with Crippen molar-refractivity contribution in [1.29, 1.82) is 0 Å². The smallest absolute Gasteiger partial charge is 0.133 e. The molecule has 9 nitrogen and oxygen atoms in total. The van der Waals surface area contributed by atoms with Gasteiger partial charge in [0.1, 0.15) is 23.1 Å². The average molecular weight is 1060 g/mol. The van der Waals surface area contributed by atoms with Gasteiger partial charge in [0.2, 0.25) is 0 Å². The van der Waals surface area contributed by atoms with E-state index < -0.39 is 0 Å². The van der Waals surface area contributed by atoms with E-state index in [2.05, 4.69) is 138 Å². The van der Waals surface area contributed by atoms with E-state index in [4.69, 9.17) is 23.7 Å². The molecule has 0 bridgehead atoms. The normalized spacial score (nSPS) is 11.8. The van der Waals surface area contributed by atoms with Crippen LogP contribution in [0.1, 0.15) is 305 Å². The van der Waals surface area contributed by atoms with E-state index in [-0.39, 0.29) is 21.7 Å². The molecule has 0 atom stereocenters. The highest BCUT2D eigenvalue weighted by Crippen LogP contribution is 2.23. The van der Waals surface area contributed by atoms with Gasteiger partial charge in [0.05, 0.1) is 13.2 Å². The molecule has 74 heavy (non-hydrogen) atoms. The monoisotopic (exact) mass is 1060 g/mol. The summed E-state index contributed by atoms with van der Waals surface area (Å²) in [6.07, 6.45) is 26.0. The van der Waals surface area contributed by atoms with Crippen molar-refractivity contribution in [3.05, 3.63) is 0 Å². The second-order valence-electron chi connectivity index (χ2n) is 26.7. The second kappa shape index (κ2) is 53.5. The van der Waals surface area contributed by atoms with Gasteiger partial charge in [-0.25, -0.2) is 0 Å². The van der Waals surface area contributed by atoms with E-state index in [0.29, 0.717) is 80.3 Å². The van der Waals surface area contributed by atoms with Crippen molar-refractivity contribution >= 4 is 23.1 Å². The van der Waals surface area contributed by atoms with E-state index in [1.54, 1.807) is 0 Å². The maximum Gasteiger partial charge on any atom is 0.133 e. The number of carbonyl (C=O) groups is 4. The third kappa shape index (κ3) is 90.0. The quantitative estimate of drug-likeness (QED) is 0.0553. The predicted molar refractivity (Wildman–Crippen MR) is 320 cm³/mol. The van der Waals surface area contributed by atoms with Gasteiger partial charge < -0.3 is 23.7 Å². The van der Waals surface area contributed by atoms with E-state index in [1.165, 1.54) is 57.8 Å². The van der Waals surface area contributed by atoms with Crippen LogP contribution >= 0.6 is 0 Å². The minimum atomic E-state index is 0.114. The van der Waals surface area contributed by atoms with Crippen LogP contribution in [0.25, 0.3) is 0 Å². The van der Waals surface area contributed by atoms with Crippen LogP contribution in [0.5, 0.6) is 0 Å². The van der Waals surface area contributed by atoms with Gasteiger partial charge in [-0.15, -0.1) is 0 Å². The fourth-order valence-corrected chi connectivity index (χ4v) is 7.01. The number of hydrogen-bond acceptors (Lipinski definition) is 9. The summed E-state index contributed by atoms with van der Waals surface area (Å²) in [6.45, 7) is 50.8. The highest BCUT2D eigenvalue weighted by molar-refractivity contribution is 5.80. The fourth-order valence-electron chi connectivity index (χ4n) is 7.01. The van der Waals surface area contributed by atoms with E-state index in [9.17, 15) is 19.2 Å². The molecule has 9 heteroatoms. The van der Waals surface area contributed by atoms with Crippen molar-refractivity contribution < 1.29 is 42.9 Å². The van der Waals surface area contributed by atoms with Crippen LogP contribution in [0, 0.1) is 27.1 Å². The Hall–Kier alpha value is -1.52. The van der Waals surface area contributed by atoms with Crippen LogP contribution in [0.2, 0.25) is 0 Å². The molecular weight excluding hydrogens is 925 g/mol. The summed E-state index contributed by atoms with van der Waals surface area (Å²) in [5, 5.41) is 0. The van der Waals surface area contributed by atoms with Crippen molar-refractivity contribution in [2.45, 2.75) is 305 Å². The third-order valence-electron chi connectivity index (χ3n) is 10.8. The Labute approximate surface area is 462 Å². The Bertz CT molecular complexity index is 1190. The van der Waals surface area contributed by atoms with Crippen molar-refractivity contribution in [3.63, 3.8) is 0 Å². The van der Waals surface area contributed by atoms with Crippen molar-refractivity contribution in [1.82, 2.24) is 0 Å². The number of hydrogen-bond donors (Lipinski definition) is 0. The molecule has 0 aliphatic carbocycles. The number of ether oxygens (including phenoxy) is 5. The molecule has 0 aromatic heterocycles. The zero-order valence-corrected chi connectivity index (χ0v) is 53.6. The van der Waals surface area contributed by atoms with E-state index in [0.717, 1.165) is 123 Å². The van der Waals surface area contributed by atoms with Gasteiger partial charge in [0, 0.05) is 104 Å². The molecule has 0 heterocycles. The first kappa shape index (κ1) is 81.3. The predicted octanol–water partition coefficient (Wildman–Crippen LogP) is 18.8. The maximum absolute atomic E-state index is 11.7. The van der Waals surface area contributed by atoms with Crippen molar-refractivity contribution in [3.8, 4) is 0 Å². The number of Topliss-reactive ketones (excluding diaryl/α,β-unsaturated/α-hetero) is 4. The van der Waals surface area contributed by atoms with Gasteiger partial charge in [-0.3, -0.25) is 19.2 Å². The molecule has 0 aliphatic rings. The van der Waals surface area contributed by atoms with Crippen LogP contribution < -0.4 is 0 Å². The SMILES string of the molecule is CCCCCCCC(=O)CC(C)(C)C.CCCCCOCCOCCCCC(=O)CC(C)(C)C.CCCCOCCC(C)(C)C.CCCCOCCCC(=O)CC(C)(C)C.CCCOCCCC(=O)CC(C)(C)C. The molecule has 0 saturated carbocycles. The number of unbranched alkanes of at least 4 members (excludes halogenated alkanes) is 9. The summed E-state index contributed by atoms with van der Waals surface area (Å²) in [4.78, 5) is 46.1. The van der Waals surface area contributed by atoms with Crippen LogP contribution in [0.3, 0.4) is 0 Å². The molecule has 0 unspecified atom stereocenters. The highest BCUT2D eigenvalue weighted by Gasteiger charge is 2.18. The number of ketones is 4. The zero-order valence-electron chi connectivity index (χ0n) is 53.6. The first-order valence-corrected chi connectivity index (χ1v) is 30.3. The van der Waals surface area contributed by atoms with Crippen LogP contribution in [0.4, 0.5) is 0 Å². The average Bonchev–Trinajstić information content (AvgIpc) is 3.25. The number of rotatable bonds is 40. The van der Waals surface area contributed by atoms with Gasteiger partial charge in [-0.05, 0) is 91.3 Å². The van der Waals surface area contributed by atoms with Gasteiger partial charge in [0.25, 0.3) is 0 Å². The molecule has 0 spiro atoms. The lowest BCUT2D eigenvalue weighted by Crippen LogP contribution is -2.13. The Kier molecular flexibility index (Phi) is 58.8. The largest absolute Gasteiger partial charge is 0.381 e. The lowest BCUT2D eigenvalue weighted by atomic mass is 9.88. The van der Waals surface area contributed by atoms with Crippen LogP contribution in [-0.4, -0.2) is 89.2 Å². The minimum Gasteiger partial charge on any atom is -0.381 e. The van der Waals surface area contributed by atoms with Crippen LogP contribution in [-0.2, 0) is 42.9 Å². The van der Waals surface area contributed by atoms with E-state index in [1.807, 2.05) is 0 Å².